The van der Waals surface area contributed by atoms with Crippen LogP contribution >= 0.6 is 0 Å². The molecular weight excluding hydrogens is 426 g/mol. The molecule has 9 nitrogen and oxygen atoms in total. The molecule has 0 radical (unpaired) electrons. The number of aryl methyl sites for hydroxylation is 1. The summed E-state index contributed by atoms with van der Waals surface area (Å²) in [5.41, 5.74) is 7.57. The molecule has 2 aliphatic heterocycles. The summed E-state index contributed by atoms with van der Waals surface area (Å²) in [5.74, 6) is 0.619. The smallest absolute Gasteiger partial charge is 0.258 e. The summed E-state index contributed by atoms with van der Waals surface area (Å²) in [6.45, 7) is 2.95. The van der Waals surface area contributed by atoms with Gasteiger partial charge in [0.2, 0.25) is 11.6 Å². The molecular formula is C24H27N3O6. The van der Waals surface area contributed by atoms with E-state index in [4.69, 9.17) is 29.4 Å². The Balaban J connectivity index is 1.97. The van der Waals surface area contributed by atoms with Crippen molar-refractivity contribution in [3.8, 4) is 29.1 Å². The van der Waals surface area contributed by atoms with Gasteiger partial charge in [-0.15, -0.1) is 0 Å². The Morgan fingerprint density at radius 3 is 2.58 bits per heavy atom. The lowest BCUT2D eigenvalue weighted by atomic mass is 9.83. The molecule has 0 aliphatic carbocycles. The lowest BCUT2D eigenvalue weighted by molar-refractivity contribution is 0.0954. The lowest BCUT2D eigenvalue weighted by Gasteiger charge is -2.29. The van der Waals surface area contributed by atoms with Gasteiger partial charge < -0.3 is 34.0 Å². The Morgan fingerprint density at radius 1 is 1.21 bits per heavy atom. The summed E-state index contributed by atoms with van der Waals surface area (Å²) in [7, 11) is 4.51. The molecule has 2 N–H and O–H groups in total. The maximum absolute atomic E-state index is 13.8. The molecule has 1 saturated heterocycles. The Labute approximate surface area is 191 Å². The van der Waals surface area contributed by atoms with Gasteiger partial charge in [0.25, 0.3) is 5.56 Å². The predicted octanol–water partition coefficient (Wildman–Crippen LogP) is 2.58. The van der Waals surface area contributed by atoms with Crippen LogP contribution in [0.15, 0.2) is 34.4 Å². The number of pyridine rings is 1. The van der Waals surface area contributed by atoms with Gasteiger partial charge in [-0.3, -0.25) is 4.79 Å². The normalized spacial score (nSPS) is 19.5. The van der Waals surface area contributed by atoms with Crippen molar-refractivity contribution in [1.29, 1.82) is 5.26 Å². The van der Waals surface area contributed by atoms with Crippen molar-refractivity contribution in [3.05, 3.63) is 56.8 Å². The number of nitrogens with zero attached hydrogens (tertiary/aromatic N) is 2. The molecule has 3 heterocycles. The first-order chi connectivity index (χ1) is 15.9. The van der Waals surface area contributed by atoms with Crippen molar-refractivity contribution in [2.24, 2.45) is 5.73 Å². The molecule has 0 amide bonds. The fourth-order valence-corrected chi connectivity index (χ4v) is 4.57. The van der Waals surface area contributed by atoms with Gasteiger partial charge in [-0.1, -0.05) is 6.07 Å². The van der Waals surface area contributed by atoms with E-state index in [-0.39, 0.29) is 23.1 Å². The second-order valence-corrected chi connectivity index (χ2v) is 7.96. The predicted molar refractivity (Wildman–Crippen MR) is 120 cm³/mol. The zero-order valence-corrected chi connectivity index (χ0v) is 19.1. The molecule has 1 aromatic heterocycles. The third-order valence-electron chi connectivity index (χ3n) is 6.15. The fourth-order valence-electron chi connectivity index (χ4n) is 4.57. The molecule has 2 aromatic rings. The third kappa shape index (κ3) is 3.76. The minimum atomic E-state index is -0.808. The van der Waals surface area contributed by atoms with Gasteiger partial charge in [-0.2, -0.15) is 5.26 Å². The van der Waals surface area contributed by atoms with Crippen molar-refractivity contribution < 1.29 is 23.7 Å². The number of rotatable bonds is 6. The second kappa shape index (κ2) is 9.08. The minimum Gasteiger partial charge on any atom is -0.493 e. The van der Waals surface area contributed by atoms with Crippen molar-refractivity contribution in [2.75, 3.05) is 27.9 Å². The molecule has 2 atom stereocenters. The molecule has 1 fully saturated rings. The van der Waals surface area contributed by atoms with Crippen LogP contribution in [0.4, 0.5) is 0 Å². The number of ether oxygens (including phenoxy) is 5. The summed E-state index contributed by atoms with van der Waals surface area (Å²) >= 11 is 0. The standard InChI is InChI=1S/C24H27N3O6/c1-13-10-18-20(24(28)27(13)12-14-6-5-9-32-14)19(16(11-25)23(26)33-18)15-7-8-17(29-2)22(31-4)21(15)30-3/h7-8,10,14,19H,5-6,9,12,26H2,1-4H3/t14-,19-/m0/s1. The van der Waals surface area contributed by atoms with E-state index in [0.29, 0.717) is 47.3 Å². The summed E-state index contributed by atoms with van der Waals surface area (Å²) in [6, 6.07) is 7.34. The van der Waals surface area contributed by atoms with E-state index >= 15 is 0 Å². The number of fused-ring (bicyclic) bond motifs is 1. The SMILES string of the molecule is COc1ccc([C@H]2C(C#N)=C(N)Oc3cc(C)n(C[C@@H]4CCCO4)c(=O)c32)c(OC)c1OC. The quantitative estimate of drug-likeness (QED) is 0.709. The maximum Gasteiger partial charge on any atom is 0.258 e. The summed E-state index contributed by atoms with van der Waals surface area (Å²) in [6.07, 6.45) is 1.83. The molecule has 1 aromatic carbocycles. The van der Waals surface area contributed by atoms with Crippen LogP contribution in [0.1, 0.15) is 35.6 Å². The molecule has 0 saturated carbocycles. The van der Waals surface area contributed by atoms with Crippen LogP contribution in [-0.2, 0) is 11.3 Å². The first-order valence-electron chi connectivity index (χ1n) is 10.7. The number of nitrogens with two attached hydrogens (primary N) is 1. The highest BCUT2D eigenvalue weighted by Crippen LogP contribution is 2.49. The number of allylic oxidation sites excluding steroid dienone is 1. The number of nitriles is 1. The van der Waals surface area contributed by atoms with Gasteiger partial charge in [0, 0.05) is 23.9 Å². The number of hydrogen-bond donors (Lipinski definition) is 1. The van der Waals surface area contributed by atoms with Gasteiger partial charge in [-0.05, 0) is 25.8 Å². The van der Waals surface area contributed by atoms with Crippen LogP contribution < -0.4 is 30.2 Å². The van der Waals surface area contributed by atoms with E-state index in [2.05, 4.69) is 6.07 Å². The van der Waals surface area contributed by atoms with E-state index in [0.717, 1.165) is 18.5 Å². The van der Waals surface area contributed by atoms with E-state index in [9.17, 15) is 10.1 Å². The van der Waals surface area contributed by atoms with E-state index < -0.39 is 5.92 Å². The van der Waals surface area contributed by atoms with Gasteiger partial charge in [0.05, 0.1) is 45.5 Å². The summed E-state index contributed by atoms with van der Waals surface area (Å²) < 4.78 is 29.7. The van der Waals surface area contributed by atoms with Crippen LogP contribution in [0.5, 0.6) is 23.0 Å². The zero-order chi connectivity index (χ0) is 23.7. The minimum absolute atomic E-state index is 0.0333. The monoisotopic (exact) mass is 453 g/mol. The first-order valence-corrected chi connectivity index (χ1v) is 10.7. The molecule has 33 heavy (non-hydrogen) atoms. The molecule has 9 heteroatoms. The van der Waals surface area contributed by atoms with Gasteiger partial charge in [0.1, 0.15) is 17.4 Å². The Hall–Kier alpha value is -3.64. The lowest BCUT2D eigenvalue weighted by Crippen LogP contribution is -2.35. The number of methoxy groups -OCH3 is 3. The molecule has 0 spiro atoms. The molecule has 0 unspecified atom stereocenters. The van der Waals surface area contributed by atoms with Crippen LogP contribution in [0.3, 0.4) is 0 Å². The van der Waals surface area contributed by atoms with E-state index in [1.165, 1.54) is 21.3 Å². The number of benzene rings is 1. The highest BCUT2D eigenvalue weighted by atomic mass is 16.5. The number of hydrogen-bond acceptors (Lipinski definition) is 8. The van der Waals surface area contributed by atoms with E-state index in [1.54, 1.807) is 22.8 Å². The van der Waals surface area contributed by atoms with Crippen LogP contribution in [0.25, 0.3) is 0 Å². The molecule has 174 valence electrons. The average molecular weight is 453 g/mol. The van der Waals surface area contributed by atoms with Gasteiger partial charge >= 0.3 is 0 Å². The van der Waals surface area contributed by atoms with Crippen molar-refractivity contribution >= 4 is 0 Å². The second-order valence-electron chi connectivity index (χ2n) is 7.96. The highest BCUT2D eigenvalue weighted by Gasteiger charge is 2.37. The summed E-state index contributed by atoms with van der Waals surface area (Å²) in [5, 5.41) is 9.96. The largest absolute Gasteiger partial charge is 0.493 e. The molecule has 4 rings (SSSR count). The van der Waals surface area contributed by atoms with Crippen molar-refractivity contribution in [3.63, 3.8) is 0 Å². The summed E-state index contributed by atoms with van der Waals surface area (Å²) in [4.78, 5) is 13.8. The Morgan fingerprint density at radius 2 is 1.97 bits per heavy atom. The maximum atomic E-state index is 13.8. The Kier molecular flexibility index (Phi) is 6.20. The fraction of sp³-hybridized carbons (Fsp3) is 0.417. The highest BCUT2D eigenvalue weighted by molar-refractivity contribution is 5.64. The molecule has 0 bridgehead atoms. The average Bonchev–Trinajstić information content (AvgIpc) is 3.33. The first kappa shape index (κ1) is 22.6. The van der Waals surface area contributed by atoms with Crippen LogP contribution in [-0.4, -0.2) is 38.6 Å². The van der Waals surface area contributed by atoms with Crippen molar-refractivity contribution in [1.82, 2.24) is 4.57 Å². The Bertz CT molecular complexity index is 1200. The van der Waals surface area contributed by atoms with Gasteiger partial charge in [0.15, 0.2) is 11.5 Å². The van der Waals surface area contributed by atoms with Gasteiger partial charge in [-0.25, -0.2) is 0 Å². The van der Waals surface area contributed by atoms with E-state index in [1.807, 2.05) is 6.92 Å². The molecule has 2 aliphatic rings. The van der Waals surface area contributed by atoms with Crippen molar-refractivity contribution in [2.45, 2.75) is 38.3 Å². The zero-order valence-electron chi connectivity index (χ0n) is 19.1. The van der Waals surface area contributed by atoms with Crippen LogP contribution in [0.2, 0.25) is 0 Å². The third-order valence-corrected chi connectivity index (χ3v) is 6.15. The topological polar surface area (TPSA) is 118 Å². The van der Waals surface area contributed by atoms with Crippen LogP contribution in [0, 0.1) is 18.3 Å². The number of aromatic nitrogens is 1.